The Bertz CT molecular complexity index is 1320. The molecule has 2 aliphatic carbocycles. The van der Waals surface area contributed by atoms with E-state index in [1.54, 1.807) is 35.2 Å². The molecule has 3 atom stereocenters. The van der Waals surface area contributed by atoms with E-state index in [1.165, 1.54) is 32.1 Å². The summed E-state index contributed by atoms with van der Waals surface area (Å²) in [7, 11) is 1.47. The van der Waals surface area contributed by atoms with Crippen molar-refractivity contribution in [3.05, 3.63) is 68.6 Å². The van der Waals surface area contributed by atoms with Crippen molar-refractivity contribution in [1.82, 2.24) is 10.2 Å². The molecular weight excluding hydrogens is 682 g/mol. The maximum atomic E-state index is 14.0. The Kier molecular flexibility index (Phi) is 12.8. The third-order valence-corrected chi connectivity index (χ3v) is 9.23. The molecule has 0 bridgehead atoms. The number of nitrogens with zero attached hydrogens (tertiary/aromatic N) is 1. The molecule has 9 nitrogen and oxygen atoms in total. The van der Waals surface area contributed by atoms with Crippen molar-refractivity contribution in [3.63, 3.8) is 0 Å². The SMILES string of the molecule is COc1cc(CO)cc(I)c1OC1C=C(C(=O)NCCO)CC(N(CCc2cccc(F)c2)C(=O)CCC2CCCC2)C1O. The Labute approximate surface area is 271 Å². The molecule has 4 N–H and O–H groups in total. The minimum Gasteiger partial charge on any atom is -0.493 e. The second-order valence-corrected chi connectivity index (χ2v) is 12.6. The third-order valence-electron chi connectivity index (χ3n) is 8.43. The maximum absolute atomic E-state index is 14.0. The fourth-order valence-corrected chi connectivity index (χ4v) is 6.88. The topological polar surface area (TPSA) is 129 Å². The van der Waals surface area contributed by atoms with E-state index in [1.807, 2.05) is 0 Å². The number of rotatable bonds is 14. The highest BCUT2D eigenvalue weighted by Gasteiger charge is 2.41. The van der Waals surface area contributed by atoms with E-state index in [4.69, 9.17) is 9.47 Å². The molecular formula is C33H42FIN2O7. The Balaban J connectivity index is 1.66. The highest BCUT2D eigenvalue weighted by molar-refractivity contribution is 14.1. The summed E-state index contributed by atoms with van der Waals surface area (Å²) in [4.78, 5) is 28.7. The van der Waals surface area contributed by atoms with Gasteiger partial charge >= 0.3 is 0 Å². The zero-order chi connectivity index (χ0) is 31.6. The summed E-state index contributed by atoms with van der Waals surface area (Å²) in [6.07, 6.45) is 5.38. The van der Waals surface area contributed by atoms with Gasteiger partial charge in [-0.25, -0.2) is 4.39 Å². The van der Waals surface area contributed by atoms with Crippen molar-refractivity contribution >= 4 is 34.4 Å². The van der Waals surface area contributed by atoms with Crippen LogP contribution in [0, 0.1) is 15.3 Å². The van der Waals surface area contributed by atoms with Gasteiger partial charge < -0.3 is 35.0 Å². The highest BCUT2D eigenvalue weighted by Crippen LogP contribution is 2.37. The summed E-state index contributed by atoms with van der Waals surface area (Å²) < 4.78 is 26.5. The van der Waals surface area contributed by atoms with Crippen LogP contribution in [0.2, 0.25) is 0 Å². The fraction of sp³-hybridized carbons (Fsp3) is 0.515. The number of carbonyl (C=O) groups excluding carboxylic acids is 2. The molecule has 2 aromatic rings. The van der Waals surface area contributed by atoms with Gasteiger partial charge in [0.2, 0.25) is 11.8 Å². The van der Waals surface area contributed by atoms with Crippen LogP contribution < -0.4 is 14.8 Å². The number of amides is 2. The van der Waals surface area contributed by atoms with E-state index in [2.05, 4.69) is 27.9 Å². The summed E-state index contributed by atoms with van der Waals surface area (Å²) in [6.45, 7) is -0.165. The Morgan fingerprint density at radius 2 is 1.91 bits per heavy atom. The molecule has 1 fully saturated rings. The predicted octanol–water partition coefficient (Wildman–Crippen LogP) is 3.89. The first-order chi connectivity index (χ1) is 21.2. The van der Waals surface area contributed by atoms with Gasteiger partial charge in [-0.3, -0.25) is 9.59 Å². The number of nitrogens with one attached hydrogen (secondary N) is 1. The second-order valence-electron chi connectivity index (χ2n) is 11.4. The van der Waals surface area contributed by atoms with Gasteiger partial charge in [-0.1, -0.05) is 37.8 Å². The van der Waals surface area contributed by atoms with E-state index in [9.17, 15) is 29.3 Å². The fourth-order valence-electron chi connectivity index (χ4n) is 6.08. The van der Waals surface area contributed by atoms with E-state index in [0.717, 1.165) is 24.8 Å². The van der Waals surface area contributed by atoms with Crippen LogP contribution >= 0.6 is 22.6 Å². The van der Waals surface area contributed by atoms with Crippen molar-refractivity contribution in [3.8, 4) is 11.5 Å². The van der Waals surface area contributed by atoms with Gasteiger partial charge in [0.05, 0.1) is 29.9 Å². The number of halogens is 2. The van der Waals surface area contributed by atoms with Crippen molar-refractivity contribution in [2.75, 3.05) is 26.8 Å². The molecule has 11 heteroatoms. The molecule has 0 radical (unpaired) electrons. The van der Waals surface area contributed by atoms with E-state index in [0.29, 0.717) is 45.0 Å². The van der Waals surface area contributed by atoms with Gasteiger partial charge in [-0.15, -0.1) is 0 Å². The monoisotopic (exact) mass is 724 g/mol. The molecule has 4 rings (SSSR count). The van der Waals surface area contributed by atoms with Crippen LogP contribution in [0.4, 0.5) is 4.39 Å². The van der Waals surface area contributed by atoms with Crippen LogP contribution in [0.3, 0.4) is 0 Å². The summed E-state index contributed by atoms with van der Waals surface area (Å²) in [6, 6.07) is 8.80. The molecule has 1 saturated carbocycles. The maximum Gasteiger partial charge on any atom is 0.247 e. The predicted molar refractivity (Wildman–Crippen MR) is 172 cm³/mol. The van der Waals surface area contributed by atoms with Crippen LogP contribution in [-0.2, 0) is 22.6 Å². The molecule has 2 aliphatic rings. The molecule has 0 aliphatic heterocycles. The van der Waals surface area contributed by atoms with Crippen LogP contribution in [-0.4, -0.2) is 77.1 Å². The van der Waals surface area contributed by atoms with E-state index < -0.39 is 24.2 Å². The van der Waals surface area contributed by atoms with Crippen LogP contribution in [0.1, 0.15) is 56.1 Å². The third kappa shape index (κ3) is 8.92. The van der Waals surface area contributed by atoms with Gasteiger partial charge in [0.25, 0.3) is 0 Å². The molecule has 3 unspecified atom stereocenters. The van der Waals surface area contributed by atoms with Crippen LogP contribution in [0.15, 0.2) is 48.0 Å². The van der Waals surface area contributed by atoms with Crippen LogP contribution in [0.25, 0.3) is 0 Å². The molecule has 0 heterocycles. The number of hydrogen-bond acceptors (Lipinski definition) is 7. The number of hydrogen-bond donors (Lipinski definition) is 4. The lowest BCUT2D eigenvalue weighted by atomic mass is 9.87. The normalized spacial score (nSPS) is 20.2. The molecule has 2 amide bonds. The zero-order valence-electron chi connectivity index (χ0n) is 25.0. The first kappa shape index (κ1) is 34.1. The number of benzene rings is 2. The average Bonchev–Trinajstić information content (AvgIpc) is 3.55. The lowest BCUT2D eigenvalue weighted by molar-refractivity contribution is -0.138. The van der Waals surface area contributed by atoms with E-state index >= 15 is 0 Å². The lowest BCUT2D eigenvalue weighted by Gasteiger charge is -2.41. The zero-order valence-corrected chi connectivity index (χ0v) is 27.2. The molecule has 0 saturated heterocycles. The number of carbonyl (C=O) groups is 2. The summed E-state index contributed by atoms with van der Waals surface area (Å²) in [5, 5.41) is 33.4. The standard InChI is InChI=1S/C33H42FIN2O7/c1-43-29-17-23(20-39)16-26(35)32(29)44-28-19-24(33(42)36-12-14-38)18-27(31(28)41)37(13-11-22-7-4-8-25(34)15-22)30(40)10-9-21-5-2-3-6-21/h4,7-8,15-17,19,21,27-28,31,38-39,41H,2-3,5-6,9-14,18,20H2,1H3,(H,36,42). The van der Waals surface area contributed by atoms with Gasteiger partial charge in [-0.05, 0) is 82.8 Å². The number of methoxy groups -OCH3 is 1. The molecule has 0 aromatic heterocycles. The van der Waals surface area contributed by atoms with Crippen molar-refractivity contribution in [2.24, 2.45) is 5.92 Å². The Hall–Kier alpha value is -2.74. The summed E-state index contributed by atoms with van der Waals surface area (Å²) >= 11 is 2.06. The Morgan fingerprint density at radius 1 is 1.14 bits per heavy atom. The quantitative estimate of drug-likeness (QED) is 0.218. The molecule has 240 valence electrons. The first-order valence-corrected chi connectivity index (χ1v) is 16.3. The van der Waals surface area contributed by atoms with Gasteiger partial charge in [0.15, 0.2) is 11.5 Å². The van der Waals surface area contributed by atoms with Crippen molar-refractivity contribution in [1.29, 1.82) is 0 Å². The van der Waals surface area contributed by atoms with E-state index in [-0.39, 0.29) is 44.4 Å². The summed E-state index contributed by atoms with van der Waals surface area (Å²) in [5.74, 6) is 0.255. The van der Waals surface area contributed by atoms with Gasteiger partial charge in [-0.2, -0.15) is 0 Å². The average molecular weight is 725 g/mol. The first-order valence-electron chi connectivity index (χ1n) is 15.2. The highest BCUT2D eigenvalue weighted by atomic mass is 127. The Morgan fingerprint density at radius 3 is 2.59 bits per heavy atom. The van der Waals surface area contributed by atoms with Crippen molar-refractivity contribution in [2.45, 2.75) is 76.2 Å². The largest absolute Gasteiger partial charge is 0.493 e. The number of ether oxygens (including phenoxy) is 2. The lowest BCUT2D eigenvalue weighted by Crippen LogP contribution is -2.55. The molecule has 2 aromatic carbocycles. The number of aliphatic hydroxyl groups excluding tert-OH is 3. The second kappa shape index (κ2) is 16.5. The van der Waals surface area contributed by atoms with Crippen LogP contribution in [0.5, 0.6) is 11.5 Å². The van der Waals surface area contributed by atoms with Crippen molar-refractivity contribution < 1.29 is 38.8 Å². The molecule has 0 spiro atoms. The van der Waals surface area contributed by atoms with Gasteiger partial charge in [0.1, 0.15) is 18.0 Å². The minimum atomic E-state index is -1.20. The summed E-state index contributed by atoms with van der Waals surface area (Å²) in [5.41, 5.74) is 1.66. The molecule has 44 heavy (non-hydrogen) atoms. The van der Waals surface area contributed by atoms with Gasteiger partial charge in [0, 0.05) is 31.5 Å². The number of aliphatic hydroxyl groups is 3. The minimum absolute atomic E-state index is 0.0485. The smallest absolute Gasteiger partial charge is 0.247 e.